The van der Waals surface area contributed by atoms with Gasteiger partial charge in [-0.05, 0) is 41.0 Å². The number of nitrogens with zero attached hydrogens (tertiary/aromatic N) is 1. The van der Waals surface area contributed by atoms with Crippen LogP contribution in [0.2, 0.25) is 0 Å². The fourth-order valence-corrected chi connectivity index (χ4v) is 2.44. The van der Waals surface area contributed by atoms with Gasteiger partial charge in [-0.25, -0.2) is 0 Å². The number of amides is 1. The summed E-state index contributed by atoms with van der Waals surface area (Å²) in [6.45, 7) is 13.0. The van der Waals surface area contributed by atoms with Crippen molar-refractivity contribution in [2.75, 3.05) is 13.1 Å². The van der Waals surface area contributed by atoms with Crippen molar-refractivity contribution < 1.29 is 9.53 Å². The van der Waals surface area contributed by atoms with Crippen LogP contribution in [0.4, 0.5) is 0 Å². The SMILES string of the molecule is CCC(C)(N)C(=O)N1CC(C)(C)OC(C)(C)C1. The Balaban J connectivity index is 2.88. The molecule has 0 radical (unpaired) electrons. The predicted molar refractivity (Wildman–Crippen MR) is 68.7 cm³/mol. The zero-order valence-corrected chi connectivity index (χ0v) is 12.0. The first-order chi connectivity index (χ1) is 7.49. The molecule has 1 aliphatic heterocycles. The normalized spacial score (nSPS) is 26.4. The average molecular weight is 242 g/mol. The standard InChI is InChI=1S/C13H26N2O2/c1-7-13(6,14)10(16)15-8-11(2,3)17-12(4,5)9-15/h7-9,14H2,1-6H3. The highest BCUT2D eigenvalue weighted by Gasteiger charge is 2.43. The molecule has 1 saturated heterocycles. The Kier molecular flexibility index (Phi) is 3.61. The first kappa shape index (κ1) is 14.5. The highest BCUT2D eigenvalue weighted by Crippen LogP contribution is 2.29. The minimum Gasteiger partial charge on any atom is -0.366 e. The number of ether oxygens (including phenoxy) is 1. The predicted octanol–water partition coefficient (Wildman–Crippen LogP) is 1.53. The number of hydrogen-bond acceptors (Lipinski definition) is 3. The van der Waals surface area contributed by atoms with Gasteiger partial charge in [0, 0.05) is 13.1 Å². The number of nitrogens with two attached hydrogens (primary N) is 1. The van der Waals surface area contributed by atoms with Gasteiger partial charge in [0.1, 0.15) is 0 Å². The minimum atomic E-state index is -0.774. The van der Waals surface area contributed by atoms with Gasteiger partial charge in [-0.3, -0.25) is 4.79 Å². The van der Waals surface area contributed by atoms with E-state index in [1.54, 1.807) is 6.92 Å². The van der Waals surface area contributed by atoms with E-state index >= 15 is 0 Å². The molecule has 1 aliphatic rings. The van der Waals surface area contributed by atoms with E-state index in [4.69, 9.17) is 10.5 Å². The molecule has 4 heteroatoms. The van der Waals surface area contributed by atoms with E-state index in [0.717, 1.165) is 0 Å². The van der Waals surface area contributed by atoms with Crippen molar-refractivity contribution in [2.45, 2.75) is 64.7 Å². The molecule has 0 aliphatic carbocycles. The second-order valence-corrected chi connectivity index (χ2v) is 6.55. The van der Waals surface area contributed by atoms with Crippen molar-refractivity contribution in [1.29, 1.82) is 0 Å². The maximum absolute atomic E-state index is 12.4. The van der Waals surface area contributed by atoms with E-state index in [-0.39, 0.29) is 17.1 Å². The maximum atomic E-state index is 12.4. The Hall–Kier alpha value is -0.610. The topological polar surface area (TPSA) is 55.6 Å². The largest absolute Gasteiger partial charge is 0.366 e. The molecule has 1 amide bonds. The Morgan fingerprint density at radius 2 is 1.71 bits per heavy atom. The number of carbonyl (C=O) groups is 1. The molecule has 0 saturated carbocycles. The van der Waals surface area contributed by atoms with Crippen LogP contribution in [-0.2, 0) is 9.53 Å². The molecule has 1 atom stereocenters. The summed E-state index contributed by atoms with van der Waals surface area (Å²) in [6, 6.07) is 0. The number of hydrogen-bond donors (Lipinski definition) is 1. The second-order valence-electron chi connectivity index (χ2n) is 6.55. The summed E-state index contributed by atoms with van der Waals surface area (Å²) in [5.41, 5.74) is 4.62. The summed E-state index contributed by atoms with van der Waals surface area (Å²) >= 11 is 0. The third-order valence-corrected chi connectivity index (χ3v) is 3.21. The fourth-order valence-electron chi connectivity index (χ4n) is 2.44. The van der Waals surface area contributed by atoms with Crippen molar-refractivity contribution in [3.05, 3.63) is 0 Å². The smallest absolute Gasteiger partial charge is 0.242 e. The molecule has 1 fully saturated rings. The van der Waals surface area contributed by atoms with Crippen LogP contribution in [0.15, 0.2) is 0 Å². The average Bonchev–Trinajstić information content (AvgIpc) is 2.11. The van der Waals surface area contributed by atoms with Gasteiger partial charge in [0.25, 0.3) is 0 Å². The Labute approximate surface area is 104 Å². The van der Waals surface area contributed by atoms with E-state index in [0.29, 0.717) is 19.5 Å². The Morgan fingerprint density at radius 1 is 1.29 bits per heavy atom. The van der Waals surface area contributed by atoms with Gasteiger partial charge in [-0.1, -0.05) is 6.92 Å². The lowest BCUT2D eigenvalue weighted by atomic mass is 9.93. The third kappa shape index (κ3) is 3.42. The van der Waals surface area contributed by atoms with Crippen molar-refractivity contribution in [3.63, 3.8) is 0 Å². The van der Waals surface area contributed by atoms with Gasteiger partial charge in [0.2, 0.25) is 5.91 Å². The van der Waals surface area contributed by atoms with Crippen LogP contribution in [0.3, 0.4) is 0 Å². The number of carbonyl (C=O) groups excluding carboxylic acids is 1. The summed E-state index contributed by atoms with van der Waals surface area (Å²) in [6.07, 6.45) is 0.643. The monoisotopic (exact) mass is 242 g/mol. The maximum Gasteiger partial charge on any atom is 0.242 e. The molecular weight excluding hydrogens is 216 g/mol. The summed E-state index contributed by atoms with van der Waals surface area (Å²) in [4.78, 5) is 14.2. The van der Waals surface area contributed by atoms with E-state index in [2.05, 4.69) is 0 Å². The highest BCUT2D eigenvalue weighted by atomic mass is 16.5. The van der Waals surface area contributed by atoms with Crippen molar-refractivity contribution in [3.8, 4) is 0 Å². The molecule has 17 heavy (non-hydrogen) atoms. The Bertz CT molecular complexity index is 293. The lowest BCUT2D eigenvalue weighted by Gasteiger charge is -2.48. The van der Waals surface area contributed by atoms with Crippen molar-refractivity contribution >= 4 is 5.91 Å². The van der Waals surface area contributed by atoms with Crippen LogP contribution >= 0.6 is 0 Å². The zero-order valence-electron chi connectivity index (χ0n) is 12.0. The zero-order chi connectivity index (χ0) is 13.5. The molecular formula is C13H26N2O2. The van der Waals surface area contributed by atoms with Gasteiger partial charge < -0.3 is 15.4 Å². The van der Waals surface area contributed by atoms with Gasteiger partial charge in [-0.15, -0.1) is 0 Å². The number of rotatable bonds is 2. The van der Waals surface area contributed by atoms with Crippen LogP contribution in [0, 0.1) is 0 Å². The van der Waals surface area contributed by atoms with Crippen molar-refractivity contribution in [1.82, 2.24) is 4.90 Å². The lowest BCUT2D eigenvalue weighted by Crippen LogP contribution is -2.63. The van der Waals surface area contributed by atoms with Crippen LogP contribution in [0.25, 0.3) is 0 Å². The summed E-state index contributed by atoms with van der Waals surface area (Å²) in [5.74, 6) is 0.0180. The summed E-state index contributed by atoms with van der Waals surface area (Å²) in [5, 5.41) is 0. The Morgan fingerprint density at radius 3 is 2.06 bits per heavy atom. The van der Waals surface area contributed by atoms with Crippen LogP contribution in [0.5, 0.6) is 0 Å². The van der Waals surface area contributed by atoms with E-state index in [9.17, 15) is 4.79 Å². The highest BCUT2D eigenvalue weighted by molar-refractivity contribution is 5.85. The quantitative estimate of drug-likeness (QED) is 0.799. The van der Waals surface area contributed by atoms with E-state index in [1.807, 2.05) is 39.5 Å². The van der Waals surface area contributed by atoms with E-state index in [1.165, 1.54) is 0 Å². The first-order valence-corrected chi connectivity index (χ1v) is 6.27. The molecule has 1 unspecified atom stereocenters. The molecule has 0 bridgehead atoms. The molecule has 100 valence electrons. The van der Waals surface area contributed by atoms with Gasteiger partial charge in [0.15, 0.2) is 0 Å². The van der Waals surface area contributed by atoms with Crippen LogP contribution in [0.1, 0.15) is 48.0 Å². The molecule has 1 rings (SSSR count). The molecule has 0 aromatic rings. The molecule has 1 heterocycles. The van der Waals surface area contributed by atoms with Gasteiger partial charge in [-0.2, -0.15) is 0 Å². The summed E-state index contributed by atoms with van der Waals surface area (Å²) < 4.78 is 5.95. The molecule has 2 N–H and O–H groups in total. The molecule has 4 nitrogen and oxygen atoms in total. The van der Waals surface area contributed by atoms with Gasteiger partial charge >= 0.3 is 0 Å². The molecule has 0 aromatic carbocycles. The third-order valence-electron chi connectivity index (χ3n) is 3.21. The lowest BCUT2D eigenvalue weighted by molar-refractivity contribution is -0.190. The van der Waals surface area contributed by atoms with Gasteiger partial charge in [0.05, 0.1) is 16.7 Å². The molecule has 0 spiro atoms. The van der Waals surface area contributed by atoms with E-state index < -0.39 is 5.54 Å². The van der Waals surface area contributed by atoms with Crippen LogP contribution < -0.4 is 5.73 Å². The summed E-state index contributed by atoms with van der Waals surface area (Å²) in [7, 11) is 0. The second kappa shape index (κ2) is 4.25. The number of morpholine rings is 1. The van der Waals surface area contributed by atoms with Crippen molar-refractivity contribution in [2.24, 2.45) is 5.73 Å². The minimum absolute atomic E-state index is 0.0180. The van der Waals surface area contributed by atoms with Crippen LogP contribution in [-0.4, -0.2) is 40.6 Å². The first-order valence-electron chi connectivity index (χ1n) is 6.27. The fraction of sp³-hybridized carbons (Fsp3) is 0.923. The molecule has 0 aromatic heterocycles.